The molecule has 2 heterocycles. The van der Waals surface area contributed by atoms with Crippen molar-refractivity contribution in [1.82, 2.24) is 24.5 Å². The fourth-order valence-corrected chi connectivity index (χ4v) is 2.69. The van der Waals surface area contributed by atoms with Crippen LogP contribution in [0.25, 0.3) is 16.7 Å². The summed E-state index contributed by atoms with van der Waals surface area (Å²) in [7, 11) is 1.62. The molecule has 25 heavy (non-hydrogen) atoms. The molecule has 4 rings (SSSR count). The van der Waals surface area contributed by atoms with Crippen LogP contribution in [0, 0.1) is 0 Å². The largest absolute Gasteiger partial charge is 0.497 e. The van der Waals surface area contributed by atoms with E-state index in [1.165, 1.54) is 6.20 Å². The van der Waals surface area contributed by atoms with E-state index in [1.807, 2.05) is 48.5 Å². The van der Waals surface area contributed by atoms with Crippen LogP contribution in [-0.4, -0.2) is 31.7 Å². The van der Waals surface area contributed by atoms with Gasteiger partial charge in [-0.2, -0.15) is 0 Å². The Balaban J connectivity index is 1.70. The third kappa shape index (κ3) is 2.87. The monoisotopic (exact) mass is 333 g/mol. The molecule has 2 aromatic heterocycles. The van der Waals surface area contributed by atoms with E-state index in [2.05, 4.69) is 15.3 Å². The zero-order chi connectivity index (χ0) is 17.2. The molecule has 7 heteroatoms. The summed E-state index contributed by atoms with van der Waals surface area (Å²) in [5.41, 5.74) is 2.88. The first-order chi connectivity index (χ1) is 12.2. The van der Waals surface area contributed by atoms with Gasteiger partial charge in [0, 0.05) is 6.07 Å². The van der Waals surface area contributed by atoms with Crippen LogP contribution < -0.4 is 10.3 Å². The third-order valence-corrected chi connectivity index (χ3v) is 3.93. The highest BCUT2D eigenvalue weighted by atomic mass is 16.5. The first kappa shape index (κ1) is 15.1. The summed E-state index contributed by atoms with van der Waals surface area (Å²) in [4.78, 5) is 16.4. The van der Waals surface area contributed by atoms with Crippen molar-refractivity contribution in [1.29, 1.82) is 0 Å². The van der Waals surface area contributed by atoms with Crippen molar-refractivity contribution >= 4 is 11.0 Å². The molecule has 0 N–H and O–H groups in total. The summed E-state index contributed by atoms with van der Waals surface area (Å²) in [6.07, 6.45) is 3.13. The second-order valence-electron chi connectivity index (χ2n) is 5.53. The lowest BCUT2D eigenvalue weighted by Gasteiger charge is -2.07. The maximum absolute atomic E-state index is 12.2. The number of hydrogen-bond acceptors (Lipinski definition) is 5. The van der Waals surface area contributed by atoms with E-state index in [0.29, 0.717) is 12.2 Å². The molecule has 7 nitrogen and oxygen atoms in total. The molecule has 0 saturated carbocycles. The van der Waals surface area contributed by atoms with E-state index >= 15 is 0 Å². The predicted octanol–water partition coefficient (Wildman–Crippen LogP) is 2.03. The lowest BCUT2D eigenvalue weighted by atomic mass is 10.3. The van der Waals surface area contributed by atoms with E-state index < -0.39 is 0 Å². The van der Waals surface area contributed by atoms with E-state index in [0.717, 1.165) is 22.5 Å². The molecule has 0 unspecified atom stereocenters. The van der Waals surface area contributed by atoms with E-state index in [9.17, 15) is 4.79 Å². The SMILES string of the molecule is COc1cccc(-n2cc(Cn3c(=O)cnc4ccccc43)nn2)c1. The Kier molecular flexibility index (Phi) is 3.74. The molecule has 0 aliphatic rings. The van der Waals surface area contributed by atoms with Gasteiger partial charge in [-0.05, 0) is 24.3 Å². The number of hydrogen-bond donors (Lipinski definition) is 0. The Morgan fingerprint density at radius 3 is 2.88 bits per heavy atom. The topological polar surface area (TPSA) is 74.8 Å². The Morgan fingerprint density at radius 2 is 2.00 bits per heavy atom. The van der Waals surface area contributed by atoms with Gasteiger partial charge in [-0.1, -0.05) is 23.4 Å². The first-order valence-corrected chi connectivity index (χ1v) is 7.75. The van der Waals surface area contributed by atoms with Gasteiger partial charge in [0.05, 0.1) is 42.8 Å². The maximum Gasteiger partial charge on any atom is 0.269 e. The Hall–Kier alpha value is -3.48. The van der Waals surface area contributed by atoms with Gasteiger partial charge in [0.2, 0.25) is 0 Å². The molecule has 0 radical (unpaired) electrons. The minimum Gasteiger partial charge on any atom is -0.497 e. The Labute approximate surface area is 143 Å². The summed E-state index contributed by atoms with van der Waals surface area (Å²) in [5.74, 6) is 0.742. The fraction of sp³-hybridized carbons (Fsp3) is 0.111. The van der Waals surface area contributed by atoms with Crippen molar-refractivity contribution in [3.8, 4) is 11.4 Å². The van der Waals surface area contributed by atoms with Crippen LogP contribution >= 0.6 is 0 Å². The molecular weight excluding hydrogens is 318 g/mol. The molecule has 2 aromatic carbocycles. The molecule has 0 atom stereocenters. The number of ether oxygens (including phenoxy) is 1. The maximum atomic E-state index is 12.2. The minimum atomic E-state index is -0.172. The zero-order valence-corrected chi connectivity index (χ0v) is 13.5. The number of aromatic nitrogens is 5. The number of para-hydroxylation sites is 2. The molecular formula is C18H15N5O2. The fourth-order valence-electron chi connectivity index (χ4n) is 2.69. The Bertz CT molecular complexity index is 1100. The van der Waals surface area contributed by atoms with Gasteiger partial charge in [-0.3, -0.25) is 9.36 Å². The van der Waals surface area contributed by atoms with Crippen LogP contribution in [0.2, 0.25) is 0 Å². The van der Waals surface area contributed by atoms with Crippen LogP contribution in [-0.2, 0) is 6.54 Å². The van der Waals surface area contributed by atoms with Gasteiger partial charge in [-0.25, -0.2) is 9.67 Å². The van der Waals surface area contributed by atoms with Gasteiger partial charge in [0.1, 0.15) is 11.4 Å². The molecule has 0 saturated heterocycles. The van der Waals surface area contributed by atoms with Crippen LogP contribution in [0.5, 0.6) is 5.75 Å². The normalized spacial score (nSPS) is 10.9. The molecule has 0 fully saturated rings. The van der Waals surface area contributed by atoms with Crippen LogP contribution in [0.3, 0.4) is 0 Å². The highest BCUT2D eigenvalue weighted by Crippen LogP contribution is 2.16. The van der Waals surface area contributed by atoms with Crippen molar-refractivity contribution < 1.29 is 4.74 Å². The van der Waals surface area contributed by atoms with Gasteiger partial charge in [0.15, 0.2) is 0 Å². The van der Waals surface area contributed by atoms with Crippen molar-refractivity contribution in [2.24, 2.45) is 0 Å². The lowest BCUT2D eigenvalue weighted by molar-refractivity contribution is 0.414. The predicted molar refractivity (Wildman–Crippen MR) is 93.0 cm³/mol. The highest BCUT2D eigenvalue weighted by molar-refractivity contribution is 5.74. The van der Waals surface area contributed by atoms with E-state index in [4.69, 9.17) is 4.74 Å². The average molecular weight is 333 g/mol. The number of fused-ring (bicyclic) bond motifs is 1. The van der Waals surface area contributed by atoms with Crippen molar-refractivity contribution in [3.63, 3.8) is 0 Å². The molecule has 0 bridgehead atoms. The van der Waals surface area contributed by atoms with Crippen LogP contribution in [0.1, 0.15) is 5.69 Å². The second-order valence-corrected chi connectivity index (χ2v) is 5.53. The number of benzene rings is 2. The van der Waals surface area contributed by atoms with Crippen LogP contribution in [0.4, 0.5) is 0 Å². The highest BCUT2D eigenvalue weighted by Gasteiger charge is 2.08. The first-order valence-electron chi connectivity index (χ1n) is 7.75. The van der Waals surface area contributed by atoms with Crippen molar-refractivity contribution in [3.05, 3.63) is 77.0 Å². The summed E-state index contributed by atoms with van der Waals surface area (Å²) in [5, 5.41) is 8.33. The summed E-state index contributed by atoms with van der Waals surface area (Å²) >= 11 is 0. The number of rotatable bonds is 4. The van der Waals surface area contributed by atoms with Crippen LogP contribution in [0.15, 0.2) is 65.7 Å². The van der Waals surface area contributed by atoms with Gasteiger partial charge in [0.25, 0.3) is 5.56 Å². The quantitative estimate of drug-likeness (QED) is 0.571. The van der Waals surface area contributed by atoms with Crippen molar-refractivity contribution in [2.75, 3.05) is 7.11 Å². The molecule has 0 spiro atoms. The van der Waals surface area contributed by atoms with Gasteiger partial charge in [-0.15, -0.1) is 5.10 Å². The third-order valence-electron chi connectivity index (χ3n) is 3.93. The minimum absolute atomic E-state index is 0.172. The standard InChI is InChI=1S/C18H15N5O2/c1-25-15-6-4-5-14(9-15)23-12-13(20-21-23)11-22-17-8-3-2-7-16(17)19-10-18(22)24/h2-10,12H,11H2,1H3. The van der Waals surface area contributed by atoms with Gasteiger partial charge < -0.3 is 4.74 Å². The van der Waals surface area contributed by atoms with Crippen molar-refractivity contribution in [2.45, 2.75) is 6.54 Å². The summed E-state index contributed by atoms with van der Waals surface area (Å²) in [6.45, 7) is 0.325. The molecule has 0 aliphatic carbocycles. The summed E-state index contributed by atoms with van der Waals surface area (Å²) < 4.78 is 8.53. The second kappa shape index (κ2) is 6.20. The van der Waals surface area contributed by atoms with E-state index in [-0.39, 0.29) is 5.56 Å². The average Bonchev–Trinajstić information content (AvgIpc) is 3.13. The summed E-state index contributed by atoms with van der Waals surface area (Å²) in [6, 6.07) is 15.0. The number of nitrogens with zero attached hydrogens (tertiary/aromatic N) is 5. The lowest BCUT2D eigenvalue weighted by Crippen LogP contribution is -2.21. The van der Waals surface area contributed by atoms with E-state index in [1.54, 1.807) is 22.6 Å². The zero-order valence-electron chi connectivity index (χ0n) is 13.5. The smallest absolute Gasteiger partial charge is 0.269 e. The Morgan fingerprint density at radius 1 is 1.12 bits per heavy atom. The molecule has 4 aromatic rings. The number of methoxy groups -OCH3 is 1. The molecule has 0 aliphatic heterocycles. The molecule has 0 amide bonds. The van der Waals surface area contributed by atoms with Gasteiger partial charge >= 0.3 is 0 Å². The molecule has 124 valence electrons.